The molecule has 1 aromatic heterocycles. The highest BCUT2D eigenvalue weighted by atomic mass is 35.5. The average Bonchev–Trinajstić information content (AvgIpc) is 3.06. The average molecular weight is 436 g/mol. The van der Waals surface area contributed by atoms with Crippen molar-refractivity contribution in [2.45, 2.75) is 13.1 Å². The Morgan fingerprint density at radius 3 is 1.90 bits per heavy atom. The summed E-state index contributed by atoms with van der Waals surface area (Å²) in [7, 11) is 0. The smallest absolute Gasteiger partial charge is 0.434 e. The Bertz CT molecular complexity index is 1270. The first-order valence-corrected chi connectivity index (χ1v) is 9.87. The highest BCUT2D eigenvalue weighted by molar-refractivity contribution is 6.31. The van der Waals surface area contributed by atoms with E-state index < -0.39 is 17.7 Å². The second kappa shape index (κ2) is 8.49. The van der Waals surface area contributed by atoms with E-state index in [1.165, 1.54) is 23.1 Å². The normalized spacial score (nSPS) is 10.9. The number of rotatable bonds is 4. The van der Waals surface area contributed by atoms with Gasteiger partial charge in [0.15, 0.2) is 0 Å². The SMILES string of the molecule is O=C(O)n1c(=O)c2ccc(Cl)cc2n1C(=O)N(Cc1ccccc1)Cc1ccccc1. The number of carboxylic acid groups (broad SMARTS) is 1. The zero-order chi connectivity index (χ0) is 22.0. The maximum atomic E-state index is 13.6. The van der Waals surface area contributed by atoms with Crippen LogP contribution in [0.3, 0.4) is 0 Å². The number of amides is 1. The Kier molecular flexibility index (Phi) is 5.60. The van der Waals surface area contributed by atoms with E-state index in [1.807, 2.05) is 60.7 Å². The minimum atomic E-state index is -1.55. The number of benzene rings is 3. The van der Waals surface area contributed by atoms with Gasteiger partial charge in [0.1, 0.15) is 0 Å². The van der Waals surface area contributed by atoms with Crippen molar-refractivity contribution in [1.82, 2.24) is 14.3 Å². The first-order chi connectivity index (χ1) is 15.0. The Labute approximate surface area is 182 Å². The molecule has 0 fully saturated rings. The highest BCUT2D eigenvalue weighted by Crippen LogP contribution is 2.20. The molecule has 31 heavy (non-hydrogen) atoms. The standard InChI is InChI=1S/C23H18ClN3O4/c24-18-11-12-19-20(13-18)26(27(21(19)28)23(30)31)22(29)25(14-16-7-3-1-4-8-16)15-17-9-5-2-6-10-17/h1-13H,14-15H2,(H,30,31). The van der Waals surface area contributed by atoms with E-state index in [4.69, 9.17) is 11.6 Å². The first-order valence-electron chi connectivity index (χ1n) is 9.49. The fourth-order valence-electron chi connectivity index (χ4n) is 3.47. The molecule has 1 amide bonds. The van der Waals surface area contributed by atoms with Crippen LogP contribution < -0.4 is 5.56 Å². The molecule has 4 rings (SSSR count). The summed E-state index contributed by atoms with van der Waals surface area (Å²) < 4.78 is 1.30. The second-order valence-electron chi connectivity index (χ2n) is 6.98. The lowest BCUT2D eigenvalue weighted by atomic mass is 10.2. The predicted octanol–water partition coefficient (Wildman–Crippen LogP) is 4.65. The van der Waals surface area contributed by atoms with Crippen molar-refractivity contribution in [2.24, 2.45) is 0 Å². The van der Waals surface area contributed by atoms with Crippen LogP contribution in [0.1, 0.15) is 11.1 Å². The number of aromatic nitrogens is 2. The van der Waals surface area contributed by atoms with E-state index in [2.05, 4.69) is 0 Å². The molecule has 0 spiro atoms. The lowest BCUT2D eigenvalue weighted by molar-refractivity contribution is 0.172. The van der Waals surface area contributed by atoms with Gasteiger partial charge in [-0.3, -0.25) is 4.79 Å². The van der Waals surface area contributed by atoms with Gasteiger partial charge in [0, 0.05) is 18.1 Å². The fourth-order valence-corrected chi connectivity index (χ4v) is 3.63. The molecule has 0 aliphatic carbocycles. The zero-order valence-electron chi connectivity index (χ0n) is 16.3. The third kappa shape index (κ3) is 4.08. The van der Waals surface area contributed by atoms with Crippen LogP contribution >= 0.6 is 11.6 Å². The summed E-state index contributed by atoms with van der Waals surface area (Å²) in [4.78, 5) is 39.7. The molecule has 0 bridgehead atoms. The molecule has 0 atom stereocenters. The molecule has 1 heterocycles. The number of carbonyl (C=O) groups is 2. The number of halogens is 1. The van der Waals surface area contributed by atoms with Crippen LogP contribution in [0.15, 0.2) is 83.7 Å². The van der Waals surface area contributed by atoms with Gasteiger partial charge in [-0.25, -0.2) is 9.59 Å². The predicted molar refractivity (Wildman–Crippen MR) is 118 cm³/mol. The topological polar surface area (TPSA) is 84.5 Å². The maximum absolute atomic E-state index is 13.6. The molecular weight excluding hydrogens is 418 g/mol. The van der Waals surface area contributed by atoms with Crippen LogP contribution in [-0.4, -0.2) is 31.5 Å². The van der Waals surface area contributed by atoms with Crippen molar-refractivity contribution in [1.29, 1.82) is 0 Å². The molecule has 7 nitrogen and oxygen atoms in total. The molecule has 0 unspecified atom stereocenters. The van der Waals surface area contributed by atoms with E-state index in [9.17, 15) is 19.5 Å². The van der Waals surface area contributed by atoms with E-state index in [-0.39, 0.29) is 29.0 Å². The lowest BCUT2D eigenvalue weighted by Crippen LogP contribution is -2.40. The van der Waals surface area contributed by atoms with Crippen LogP contribution in [0.2, 0.25) is 5.02 Å². The summed E-state index contributed by atoms with van der Waals surface area (Å²) in [5, 5.41) is 10.0. The van der Waals surface area contributed by atoms with Gasteiger partial charge in [0.05, 0.1) is 10.9 Å². The summed E-state index contributed by atoms with van der Waals surface area (Å²) in [5.74, 6) is 0. The van der Waals surface area contributed by atoms with Crippen molar-refractivity contribution in [2.75, 3.05) is 0 Å². The Hall–Kier alpha value is -3.84. The van der Waals surface area contributed by atoms with Crippen molar-refractivity contribution in [3.05, 3.63) is 105 Å². The van der Waals surface area contributed by atoms with Crippen molar-refractivity contribution < 1.29 is 14.7 Å². The van der Waals surface area contributed by atoms with Gasteiger partial charge in [0.25, 0.3) is 5.56 Å². The maximum Gasteiger partial charge on any atom is 0.434 e. The van der Waals surface area contributed by atoms with Crippen molar-refractivity contribution >= 4 is 34.6 Å². The highest BCUT2D eigenvalue weighted by Gasteiger charge is 2.26. The number of hydrogen-bond donors (Lipinski definition) is 1. The summed E-state index contributed by atoms with van der Waals surface area (Å²) in [6, 6.07) is 22.4. The Balaban J connectivity index is 1.85. The summed E-state index contributed by atoms with van der Waals surface area (Å²) in [6.07, 6.45) is -1.55. The number of fused-ring (bicyclic) bond motifs is 1. The van der Waals surface area contributed by atoms with E-state index in [0.29, 0.717) is 4.68 Å². The van der Waals surface area contributed by atoms with Crippen LogP contribution in [0, 0.1) is 0 Å². The van der Waals surface area contributed by atoms with Crippen LogP contribution in [0.5, 0.6) is 0 Å². The van der Waals surface area contributed by atoms with Crippen LogP contribution in [-0.2, 0) is 13.1 Å². The molecule has 0 saturated heterocycles. The minimum Gasteiger partial charge on any atom is -0.463 e. The monoisotopic (exact) mass is 435 g/mol. The number of nitrogens with zero attached hydrogens (tertiary/aromatic N) is 3. The molecule has 0 aliphatic rings. The zero-order valence-corrected chi connectivity index (χ0v) is 17.1. The largest absolute Gasteiger partial charge is 0.463 e. The summed E-state index contributed by atoms with van der Waals surface area (Å²) in [5.41, 5.74) is 1.07. The third-order valence-electron chi connectivity index (χ3n) is 4.88. The molecule has 4 aromatic rings. The molecule has 0 aliphatic heterocycles. The molecule has 156 valence electrons. The van der Waals surface area contributed by atoms with Gasteiger partial charge >= 0.3 is 12.1 Å². The first kappa shape index (κ1) is 20.4. The molecule has 1 N–H and O–H groups in total. The van der Waals surface area contributed by atoms with Crippen molar-refractivity contribution in [3.8, 4) is 0 Å². The van der Waals surface area contributed by atoms with Gasteiger partial charge in [-0.15, -0.1) is 4.68 Å². The molecule has 0 saturated carbocycles. The summed E-state index contributed by atoms with van der Waals surface area (Å²) >= 11 is 6.08. The van der Waals surface area contributed by atoms with Gasteiger partial charge < -0.3 is 10.0 Å². The third-order valence-corrected chi connectivity index (χ3v) is 5.11. The van der Waals surface area contributed by atoms with E-state index in [1.54, 1.807) is 0 Å². The van der Waals surface area contributed by atoms with E-state index >= 15 is 0 Å². The summed E-state index contributed by atoms with van der Waals surface area (Å²) in [6.45, 7) is 0.450. The molecule has 8 heteroatoms. The van der Waals surface area contributed by atoms with Gasteiger partial charge in [-0.2, -0.15) is 4.68 Å². The van der Waals surface area contributed by atoms with Crippen LogP contribution in [0.25, 0.3) is 10.9 Å². The van der Waals surface area contributed by atoms with Gasteiger partial charge in [0.2, 0.25) is 0 Å². The van der Waals surface area contributed by atoms with Crippen molar-refractivity contribution in [3.63, 3.8) is 0 Å². The fraction of sp³-hybridized carbons (Fsp3) is 0.0870. The number of hydrogen-bond acceptors (Lipinski definition) is 3. The Morgan fingerprint density at radius 1 is 0.839 bits per heavy atom. The molecular formula is C23H18ClN3O4. The van der Waals surface area contributed by atoms with Gasteiger partial charge in [-0.1, -0.05) is 72.3 Å². The Morgan fingerprint density at radius 2 is 1.39 bits per heavy atom. The molecule has 0 radical (unpaired) electrons. The second-order valence-corrected chi connectivity index (χ2v) is 7.42. The number of carbonyl (C=O) groups excluding carboxylic acids is 1. The quantitative estimate of drug-likeness (QED) is 0.505. The molecule has 3 aromatic carbocycles. The minimum absolute atomic E-state index is 0.0968. The van der Waals surface area contributed by atoms with Gasteiger partial charge in [-0.05, 0) is 29.3 Å². The van der Waals surface area contributed by atoms with Crippen LogP contribution in [0.4, 0.5) is 9.59 Å². The lowest BCUT2D eigenvalue weighted by Gasteiger charge is -2.24. The van der Waals surface area contributed by atoms with E-state index in [0.717, 1.165) is 15.8 Å².